The summed E-state index contributed by atoms with van der Waals surface area (Å²) in [5.41, 5.74) is 1.97. The van der Waals surface area contributed by atoms with Crippen molar-refractivity contribution in [1.29, 1.82) is 5.26 Å². The molecule has 0 unspecified atom stereocenters. The van der Waals surface area contributed by atoms with Gasteiger partial charge in [0.2, 0.25) is 0 Å². The van der Waals surface area contributed by atoms with Crippen molar-refractivity contribution in [3.05, 3.63) is 45.2 Å². The van der Waals surface area contributed by atoms with Gasteiger partial charge in [0.1, 0.15) is 17.2 Å². The van der Waals surface area contributed by atoms with Crippen LogP contribution in [0.1, 0.15) is 37.5 Å². The van der Waals surface area contributed by atoms with Crippen LogP contribution in [-0.4, -0.2) is 32.8 Å². The number of nitrogens with one attached hydrogen (secondary N) is 1. The fourth-order valence-corrected chi connectivity index (χ4v) is 3.24. The third kappa shape index (κ3) is 3.98. The Labute approximate surface area is 161 Å². The molecule has 0 bridgehead atoms. The monoisotopic (exact) mass is 384 g/mol. The highest BCUT2D eigenvalue weighted by molar-refractivity contribution is 7.98. The maximum Gasteiger partial charge on any atom is 0.410 e. The summed E-state index contributed by atoms with van der Waals surface area (Å²) in [6, 6.07) is 7.54. The fourth-order valence-electron chi connectivity index (χ4n) is 2.86. The van der Waals surface area contributed by atoms with Gasteiger partial charge in [-0.25, -0.2) is 9.78 Å². The van der Waals surface area contributed by atoms with Gasteiger partial charge < -0.3 is 9.72 Å². The first-order chi connectivity index (χ1) is 12.7. The number of nitriles is 1. The number of hydrogen-bond donors (Lipinski definition) is 1. The molecule has 7 nitrogen and oxygen atoms in total. The van der Waals surface area contributed by atoms with Crippen LogP contribution in [0.2, 0.25) is 0 Å². The van der Waals surface area contributed by atoms with E-state index >= 15 is 0 Å². The summed E-state index contributed by atoms with van der Waals surface area (Å²) in [4.78, 5) is 33.1. The molecule has 8 heteroatoms. The summed E-state index contributed by atoms with van der Waals surface area (Å²) < 4.78 is 5.43. The minimum absolute atomic E-state index is 0.0188. The van der Waals surface area contributed by atoms with E-state index in [2.05, 4.69) is 9.97 Å². The van der Waals surface area contributed by atoms with Crippen molar-refractivity contribution in [1.82, 2.24) is 14.9 Å². The molecule has 0 atom stereocenters. The van der Waals surface area contributed by atoms with Crippen LogP contribution in [0, 0.1) is 11.3 Å². The molecule has 27 heavy (non-hydrogen) atoms. The van der Waals surface area contributed by atoms with Gasteiger partial charge in [0.05, 0.1) is 5.69 Å². The van der Waals surface area contributed by atoms with Crippen molar-refractivity contribution in [2.75, 3.05) is 6.26 Å². The van der Waals surface area contributed by atoms with E-state index in [1.807, 2.05) is 45.0 Å². The zero-order valence-electron chi connectivity index (χ0n) is 15.6. The molecule has 1 aliphatic heterocycles. The average Bonchev–Trinajstić information content (AvgIpc) is 3.03. The second-order valence-corrected chi connectivity index (χ2v) is 8.03. The molecule has 0 saturated heterocycles. The average molecular weight is 384 g/mol. The Morgan fingerprint density at radius 1 is 1.33 bits per heavy atom. The van der Waals surface area contributed by atoms with Crippen molar-refractivity contribution in [3.63, 3.8) is 0 Å². The first kappa shape index (κ1) is 19.0. The van der Waals surface area contributed by atoms with Crippen LogP contribution in [0.15, 0.2) is 28.2 Å². The number of hydrogen-bond acceptors (Lipinski definition) is 6. The standard InChI is InChI=1S/C19H20N4O3S/c1-19(2,3)26-18(25)23-9-12-6-5-11(7-13(12)10-23)15-14(8-20)16(24)22-17(21-15)27-4/h5-7H,9-10H2,1-4H3,(H,21,22,24). The number of nitrogens with zero attached hydrogens (tertiary/aromatic N) is 3. The van der Waals surface area contributed by atoms with E-state index in [-0.39, 0.29) is 11.7 Å². The molecule has 1 amide bonds. The predicted octanol–water partition coefficient (Wildman–Crippen LogP) is 3.28. The number of carbonyl (C=O) groups is 1. The maximum atomic E-state index is 12.3. The van der Waals surface area contributed by atoms with Gasteiger partial charge in [-0.3, -0.25) is 9.69 Å². The van der Waals surface area contributed by atoms with Crippen molar-refractivity contribution in [2.45, 2.75) is 44.6 Å². The lowest BCUT2D eigenvalue weighted by molar-refractivity contribution is 0.0242. The van der Waals surface area contributed by atoms with E-state index in [0.717, 1.165) is 11.1 Å². The Morgan fingerprint density at radius 2 is 2.04 bits per heavy atom. The van der Waals surface area contributed by atoms with Gasteiger partial charge in [0, 0.05) is 18.7 Å². The van der Waals surface area contributed by atoms with E-state index < -0.39 is 11.2 Å². The van der Waals surface area contributed by atoms with Crippen LogP contribution in [0.5, 0.6) is 0 Å². The quantitative estimate of drug-likeness (QED) is 0.630. The molecule has 1 aliphatic rings. The molecule has 3 rings (SSSR count). The van der Waals surface area contributed by atoms with Gasteiger partial charge in [0.25, 0.3) is 5.56 Å². The molecule has 140 valence electrons. The molecule has 1 N–H and O–H groups in total. The van der Waals surface area contributed by atoms with E-state index in [1.54, 1.807) is 11.2 Å². The Bertz CT molecular complexity index is 1000. The molecule has 0 fully saturated rings. The molecule has 0 radical (unpaired) electrons. The highest BCUT2D eigenvalue weighted by Gasteiger charge is 2.28. The maximum absolute atomic E-state index is 12.3. The third-order valence-electron chi connectivity index (χ3n) is 4.06. The van der Waals surface area contributed by atoms with Crippen molar-refractivity contribution < 1.29 is 9.53 Å². The largest absolute Gasteiger partial charge is 0.444 e. The topological polar surface area (TPSA) is 99.1 Å². The molecular weight excluding hydrogens is 364 g/mol. The Balaban J connectivity index is 1.94. The normalized spacial score (nSPS) is 13.2. The van der Waals surface area contributed by atoms with Crippen LogP contribution in [-0.2, 0) is 17.8 Å². The lowest BCUT2D eigenvalue weighted by atomic mass is 10.0. The number of carbonyl (C=O) groups excluding carboxylic acids is 1. The van der Waals surface area contributed by atoms with Crippen LogP contribution < -0.4 is 5.56 Å². The summed E-state index contributed by atoms with van der Waals surface area (Å²) in [7, 11) is 0. The number of H-pyrrole nitrogens is 1. The fraction of sp³-hybridized carbons (Fsp3) is 0.368. The van der Waals surface area contributed by atoms with Crippen molar-refractivity contribution in [2.24, 2.45) is 0 Å². The first-order valence-electron chi connectivity index (χ1n) is 8.40. The second-order valence-electron chi connectivity index (χ2n) is 7.23. The lowest BCUT2D eigenvalue weighted by Gasteiger charge is -2.24. The number of ether oxygens (including phenoxy) is 1. The lowest BCUT2D eigenvalue weighted by Crippen LogP contribution is -2.33. The summed E-state index contributed by atoms with van der Waals surface area (Å²) in [5.74, 6) is 0. The SMILES string of the molecule is CSc1nc(-c2ccc3c(c2)CN(C(=O)OC(C)(C)C)C3)c(C#N)c(=O)[nH]1. The number of aromatic nitrogens is 2. The zero-order valence-corrected chi connectivity index (χ0v) is 16.4. The Hall–Kier alpha value is -2.79. The smallest absolute Gasteiger partial charge is 0.410 e. The summed E-state index contributed by atoms with van der Waals surface area (Å²) >= 11 is 1.30. The van der Waals surface area contributed by atoms with Gasteiger partial charge in [-0.1, -0.05) is 23.9 Å². The highest BCUT2D eigenvalue weighted by Crippen LogP contribution is 2.30. The number of aromatic amines is 1. The van der Waals surface area contributed by atoms with E-state index in [0.29, 0.717) is 29.5 Å². The predicted molar refractivity (Wildman–Crippen MR) is 102 cm³/mol. The van der Waals surface area contributed by atoms with Gasteiger partial charge in [-0.2, -0.15) is 5.26 Å². The number of fused-ring (bicyclic) bond motifs is 1. The molecule has 1 aromatic heterocycles. The number of amides is 1. The van der Waals surface area contributed by atoms with Crippen LogP contribution >= 0.6 is 11.8 Å². The first-order valence-corrected chi connectivity index (χ1v) is 9.63. The second kappa shape index (κ2) is 7.08. The van der Waals surface area contributed by atoms with Crippen molar-refractivity contribution >= 4 is 17.9 Å². The van der Waals surface area contributed by atoms with Gasteiger partial charge in [-0.15, -0.1) is 0 Å². The molecule has 1 aromatic carbocycles. The Morgan fingerprint density at radius 3 is 2.67 bits per heavy atom. The minimum atomic E-state index is -0.554. The van der Waals surface area contributed by atoms with Gasteiger partial charge in [0.15, 0.2) is 5.16 Å². The number of benzene rings is 1. The molecule has 0 aliphatic carbocycles. The van der Waals surface area contributed by atoms with E-state index in [9.17, 15) is 14.9 Å². The molecular formula is C19H20N4O3S. The Kier molecular flexibility index (Phi) is 4.98. The molecule has 0 spiro atoms. The third-order valence-corrected chi connectivity index (χ3v) is 4.64. The highest BCUT2D eigenvalue weighted by atomic mass is 32.2. The molecule has 2 heterocycles. The number of rotatable bonds is 2. The zero-order chi connectivity index (χ0) is 19.8. The van der Waals surface area contributed by atoms with Gasteiger partial charge in [-0.05, 0) is 44.2 Å². The molecule has 2 aromatic rings. The van der Waals surface area contributed by atoms with Crippen LogP contribution in [0.25, 0.3) is 11.3 Å². The van der Waals surface area contributed by atoms with Crippen LogP contribution in [0.3, 0.4) is 0 Å². The van der Waals surface area contributed by atoms with Gasteiger partial charge >= 0.3 is 6.09 Å². The number of thioether (sulfide) groups is 1. The summed E-state index contributed by atoms with van der Waals surface area (Å²) in [5, 5.41) is 9.80. The minimum Gasteiger partial charge on any atom is -0.444 e. The van der Waals surface area contributed by atoms with E-state index in [4.69, 9.17) is 4.74 Å². The summed E-state index contributed by atoms with van der Waals surface area (Å²) in [6.45, 7) is 6.37. The van der Waals surface area contributed by atoms with Crippen molar-refractivity contribution in [3.8, 4) is 17.3 Å². The summed E-state index contributed by atoms with van der Waals surface area (Å²) in [6.07, 6.45) is 1.44. The van der Waals surface area contributed by atoms with Crippen LogP contribution in [0.4, 0.5) is 4.79 Å². The van der Waals surface area contributed by atoms with E-state index in [1.165, 1.54) is 11.8 Å². The molecule has 0 saturated carbocycles.